The summed E-state index contributed by atoms with van der Waals surface area (Å²) in [4.78, 5) is 12.1. The van der Waals surface area contributed by atoms with Gasteiger partial charge >= 0.3 is 5.97 Å². The van der Waals surface area contributed by atoms with Crippen molar-refractivity contribution < 1.29 is 14.6 Å². The van der Waals surface area contributed by atoms with Crippen molar-refractivity contribution in [1.82, 2.24) is 0 Å². The molecule has 0 unspecified atom stereocenters. The van der Waals surface area contributed by atoms with Crippen LogP contribution in [0.1, 0.15) is 89.8 Å². The molecule has 0 fully saturated rings. The van der Waals surface area contributed by atoms with Gasteiger partial charge in [0.1, 0.15) is 5.75 Å². The first kappa shape index (κ1) is 22.5. The van der Waals surface area contributed by atoms with Crippen LogP contribution in [-0.2, 0) is 21.4 Å². The summed E-state index contributed by atoms with van der Waals surface area (Å²) < 4.78 is 5.36. The van der Waals surface area contributed by atoms with Crippen LogP contribution in [-0.4, -0.2) is 17.7 Å². The van der Waals surface area contributed by atoms with Gasteiger partial charge in [0.25, 0.3) is 0 Å². The molecule has 0 saturated carbocycles. The van der Waals surface area contributed by atoms with E-state index in [-0.39, 0.29) is 23.6 Å². The number of unbranched alkanes of at least 4 members (excludes halogenated alkanes) is 4. The summed E-state index contributed by atoms with van der Waals surface area (Å²) in [5.74, 6) is 0.735. The molecular weight excluding hydrogens is 324 g/mol. The quantitative estimate of drug-likeness (QED) is 0.405. The molecule has 0 spiro atoms. The molecule has 0 saturated heterocycles. The van der Waals surface area contributed by atoms with Crippen molar-refractivity contribution in [3.8, 4) is 5.75 Å². The number of phenolic OH excluding ortho intramolecular Hbond substituents is 1. The highest BCUT2D eigenvalue weighted by Crippen LogP contribution is 2.31. The van der Waals surface area contributed by atoms with Gasteiger partial charge in [-0.2, -0.15) is 0 Å². The van der Waals surface area contributed by atoms with Crippen LogP contribution in [0.25, 0.3) is 0 Å². The van der Waals surface area contributed by atoms with Crippen LogP contribution in [0, 0.1) is 12.8 Å². The minimum atomic E-state index is -0.259. The van der Waals surface area contributed by atoms with E-state index in [0.29, 0.717) is 12.2 Å². The standard InChI is InChI=1S/C23H38O3/c1-17(2)12-10-8-7-9-11-13-26-21(24)16-19-15-20(23(4,5)6)14-18(3)22(19)25/h14-15,17,25H,7-13,16H2,1-6H3. The molecule has 26 heavy (non-hydrogen) atoms. The predicted octanol–water partition coefficient (Wildman–Crippen LogP) is 6.08. The largest absolute Gasteiger partial charge is 0.507 e. The highest BCUT2D eigenvalue weighted by Gasteiger charge is 2.19. The van der Waals surface area contributed by atoms with Gasteiger partial charge in [-0.3, -0.25) is 4.79 Å². The molecule has 148 valence electrons. The molecule has 0 aliphatic rings. The van der Waals surface area contributed by atoms with Crippen molar-refractivity contribution >= 4 is 5.97 Å². The molecule has 0 radical (unpaired) electrons. The van der Waals surface area contributed by atoms with Crippen LogP contribution < -0.4 is 0 Å². The molecule has 1 N–H and O–H groups in total. The maximum atomic E-state index is 12.1. The molecular formula is C23H38O3. The molecule has 0 bridgehead atoms. The average molecular weight is 363 g/mol. The van der Waals surface area contributed by atoms with Gasteiger partial charge in [-0.05, 0) is 35.8 Å². The van der Waals surface area contributed by atoms with Crippen LogP contribution >= 0.6 is 0 Å². The highest BCUT2D eigenvalue weighted by molar-refractivity contribution is 5.74. The second-order valence-corrected chi connectivity index (χ2v) is 8.90. The van der Waals surface area contributed by atoms with E-state index < -0.39 is 0 Å². The number of benzene rings is 1. The van der Waals surface area contributed by atoms with E-state index in [0.717, 1.165) is 29.9 Å². The van der Waals surface area contributed by atoms with E-state index in [1.807, 2.05) is 19.1 Å². The Balaban J connectivity index is 2.38. The van der Waals surface area contributed by atoms with Gasteiger partial charge in [0, 0.05) is 5.56 Å². The Hall–Kier alpha value is -1.51. The molecule has 1 rings (SSSR count). The van der Waals surface area contributed by atoms with Crippen LogP contribution in [0.3, 0.4) is 0 Å². The van der Waals surface area contributed by atoms with Crippen molar-refractivity contribution in [2.45, 2.75) is 91.9 Å². The topological polar surface area (TPSA) is 46.5 Å². The molecule has 3 heteroatoms. The normalized spacial score (nSPS) is 11.8. The van der Waals surface area contributed by atoms with Crippen molar-refractivity contribution in [2.75, 3.05) is 6.61 Å². The molecule has 3 nitrogen and oxygen atoms in total. The fourth-order valence-electron chi connectivity index (χ4n) is 3.00. The number of phenols is 1. The zero-order valence-corrected chi connectivity index (χ0v) is 17.7. The number of hydrogen-bond acceptors (Lipinski definition) is 3. The van der Waals surface area contributed by atoms with E-state index >= 15 is 0 Å². The zero-order chi connectivity index (χ0) is 19.7. The molecule has 0 atom stereocenters. The molecule has 0 amide bonds. The lowest BCUT2D eigenvalue weighted by atomic mass is 9.84. The van der Waals surface area contributed by atoms with Gasteiger partial charge in [-0.15, -0.1) is 0 Å². The van der Waals surface area contributed by atoms with Crippen molar-refractivity contribution in [2.24, 2.45) is 5.92 Å². The summed E-state index contributed by atoms with van der Waals surface area (Å²) in [6.07, 6.45) is 7.21. The SMILES string of the molecule is Cc1cc(C(C)(C)C)cc(CC(=O)OCCCCCCCC(C)C)c1O. The smallest absolute Gasteiger partial charge is 0.310 e. The number of hydrogen-bond donors (Lipinski definition) is 1. The first-order valence-electron chi connectivity index (χ1n) is 10.1. The van der Waals surface area contributed by atoms with Gasteiger partial charge in [0.2, 0.25) is 0 Å². The highest BCUT2D eigenvalue weighted by atomic mass is 16.5. The maximum Gasteiger partial charge on any atom is 0.310 e. The summed E-state index contributed by atoms with van der Waals surface area (Å²) in [5, 5.41) is 10.3. The number of carbonyl (C=O) groups is 1. The molecule has 0 aliphatic heterocycles. The second kappa shape index (κ2) is 10.6. The zero-order valence-electron chi connectivity index (χ0n) is 17.7. The Morgan fingerprint density at radius 3 is 2.31 bits per heavy atom. The number of aryl methyl sites for hydroxylation is 1. The van der Waals surface area contributed by atoms with Crippen LogP contribution in [0.5, 0.6) is 5.75 Å². The Morgan fingerprint density at radius 2 is 1.69 bits per heavy atom. The molecule has 1 aromatic rings. The van der Waals surface area contributed by atoms with Crippen molar-refractivity contribution in [1.29, 1.82) is 0 Å². The van der Waals surface area contributed by atoms with Gasteiger partial charge in [-0.1, -0.05) is 78.9 Å². The lowest BCUT2D eigenvalue weighted by molar-refractivity contribution is -0.143. The van der Waals surface area contributed by atoms with Gasteiger partial charge in [0.15, 0.2) is 0 Å². The Morgan fingerprint density at radius 1 is 1.08 bits per heavy atom. The molecule has 0 aromatic heterocycles. The summed E-state index contributed by atoms with van der Waals surface area (Å²) in [7, 11) is 0. The van der Waals surface area contributed by atoms with E-state index in [9.17, 15) is 9.90 Å². The second-order valence-electron chi connectivity index (χ2n) is 8.90. The third kappa shape index (κ3) is 8.25. The third-order valence-corrected chi connectivity index (χ3v) is 4.77. The van der Waals surface area contributed by atoms with Crippen molar-refractivity contribution in [3.63, 3.8) is 0 Å². The van der Waals surface area contributed by atoms with Gasteiger partial charge < -0.3 is 9.84 Å². The minimum absolute atomic E-state index is 0.0211. The summed E-state index contributed by atoms with van der Waals surface area (Å²) in [6, 6.07) is 3.92. The lowest BCUT2D eigenvalue weighted by Crippen LogP contribution is -2.14. The number of ether oxygens (including phenoxy) is 1. The van der Waals surface area contributed by atoms with Crippen LogP contribution in [0.15, 0.2) is 12.1 Å². The van der Waals surface area contributed by atoms with Gasteiger partial charge in [0.05, 0.1) is 13.0 Å². The first-order chi connectivity index (χ1) is 12.1. The summed E-state index contributed by atoms with van der Waals surface area (Å²) >= 11 is 0. The van der Waals surface area contributed by atoms with Crippen molar-refractivity contribution in [3.05, 3.63) is 28.8 Å². The Kier molecular flexibility index (Phi) is 9.18. The fourth-order valence-corrected chi connectivity index (χ4v) is 3.00. The fraction of sp³-hybridized carbons (Fsp3) is 0.696. The van der Waals surface area contributed by atoms with E-state index in [4.69, 9.17) is 4.74 Å². The third-order valence-electron chi connectivity index (χ3n) is 4.77. The van der Waals surface area contributed by atoms with E-state index in [1.54, 1.807) is 0 Å². The Labute approximate surface area is 160 Å². The molecule has 0 aliphatic carbocycles. The predicted molar refractivity (Wildman–Crippen MR) is 109 cm³/mol. The first-order valence-corrected chi connectivity index (χ1v) is 10.1. The van der Waals surface area contributed by atoms with Crippen LogP contribution in [0.4, 0.5) is 0 Å². The van der Waals surface area contributed by atoms with E-state index in [2.05, 4.69) is 34.6 Å². The number of aromatic hydroxyl groups is 1. The number of carbonyl (C=O) groups excluding carboxylic acids is 1. The Bertz CT molecular complexity index is 568. The van der Waals surface area contributed by atoms with E-state index in [1.165, 1.54) is 25.7 Å². The van der Waals surface area contributed by atoms with Crippen LogP contribution in [0.2, 0.25) is 0 Å². The lowest BCUT2D eigenvalue weighted by Gasteiger charge is -2.21. The molecule has 0 heterocycles. The number of rotatable bonds is 10. The maximum absolute atomic E-state index is 12.1. The molecule has 1 aromatic carbocycles. The summed E-state index contributed by atoms with van der Waals surface area (Å²) in [5.41, 5.74) is 2.57. The minimum Gasteiger partial charge on any atom is -0.507 e. The monoisotopic (exact) mass is 362 g/mol. The summed E-state index contributed by atoms with van der Waals surface area (Å²) in [6.45, 7) is 13.2. The number of esters is 1. The van der Waals surface area contributed by atoms with Gasteiger partial charge in [-0.25, -0.2) is 0 Å². The average Bonchev–Trinajstić information content (AvgIpc) is 2.52.